The molecule has 28 heavy (non-hydrogen) atoms. The fourth-order valence-corrected chi connectivity index (χ4v) is 3.64. The fraction of sp³-hybridized carbons (Fsp3) is 0.714. The zero-order chi connectivity index (χ0) is 20.8. The molecule has 0 radical (unpaired) electrons. The number of unbranched alkanes of at least 4 members (excludes halogenated alkanes) is 9. The van der Waals surface area contributed by atoms with Crippen LogP contribution in [0.2, 0.25) is 0 Å². The Morgan fingerprint density at radius 3 is 2.14 bits per heavy atom. The zero-order valence-corrected chi connectivity index (χ0v) is 18.0. The Kier molecular flexibility index (Phi) is 12.9. The Morgan fingerprint density at radius 1 is 1.00 bits per heavy atom. The van der Waals surface area contributed by atoms with Gasteiger partial charge in [-0.3, -0.25) is 4.52 Å². The average molecular weight is 416 g/mol. The molecule has 0 aliphatic carbocycles. The van der Waals surface area contributed by atoms with Crippen LogP contribution >= 0.6 is 7.82 Å². The predicted octanol–water partition coefficient (Wildman–Crippen LogP) is 4.62. The first-order valence-corrected chi connectivity index (χ1v) is 12.1. The van der Waals surface area contributed by atoms with E-state index < -0.39 is 26.6 Å². The van der Waals surface area contributed by atoms with Crippen LogP contribution in [0.1, 0.15) is 88.4 Å². The topological polar surface area (TPSA) is 113 Å². The second-order valence-corrected chi connectivity index (χ2v) is 8.81. The Labute approximate surface area is 169 Å². The zero-order valence-electron chi connectivity index (χ0n) is 17.1. The number of aliphatic hydroxyl groups is 1. The highest BCUT2D eigenvalue weighted by Crippen LogP contribution is 2.36. The van der Waals surface area contributed by atoms with Crippen molar-refractivity contribution in [3.63, 3.8) is 0 Å². The van der Waals surface area contributed by atoms with Crippen LogP contribution in [0.15, 0.2) is 24.3 Å². The molecule has 6 nitrogen and oxygen atoms in total. The molecule has 0 aliphatic heterocycles. The summed E-state index contributed by atoms with van der Waals surface area (Å²) in [6.07, 6.45) is 12.9. The van der Waals surface area contributed by atoms with Crippen molar-refractivity contribution in [3.05, 3.63) is 35.4 Å². The molecular weight excluding hydrogens is 377 g/mol. The van der Waals surface area contributed by atoms with Crippen molar-refractivity contribution in [1.29, 1.82) is 0 Å². The molecule has 0 saturated carbocycles. The fourth-order valence-electron chi connectivity index (χ4n) is 3.27. The summed E-state index contributed by atoms with van der Waals surface area (Å²) in [4.78, 5) is 17.5. The number of hydrogen-bond acceptors (Lipinski definition) is 4. The van der Waals surface area contributed by atoms with E-state index in [1.807, 2.05) is 18.2 Å². The van der Waals surface area contributed by atoms with Crippen molar-refractivity contribution in [3.8, 4) is 0 Å². The van der Waals surface area contributed by atoms with Crippen LogP contribution in [0.25, 0.3) is 0 Å². The average Bonchev–Trinajstić information content (AvgIpc) is 2.66. The molecule has 0 fully saturated rings. The van der Waals surface area contributed by atoms with Crippen molar-refractivity contribution in [1.82, 2.24) is 0 Å². The lowest BCUT2D eigenvalue weighted by Gasteiger charge is -2.20. The molecule has 0 spiro atoms. The monoisotopic (exact) mass is 415 g/mol. The van der Waals surface area contributed by atoms with Gasteiger partial charge in [-0.05, 0) is 24.0 Å². The number of phosphoric ester groups is 1. The number of nitrogens with two attached hydrogens (primary N) is 1. The van der Waals surface area contributed by atoms with E-state index in [1.54, 1.807) is 6.07 Å². The van der Waals surface area contributed by atoms with Gasteiger partial charge in [0, 0.05) is 0 Å². The maximum atomic E-state index is 10.8. The lowest BCUT2D eigenvalue weighted by molar-refractivity contribution is 0.102. The third-order valence-electron chi connectivity index (χ3n) is 4.95. The Balaban J connectivity index is 2.26. The van der Waals surface area contributed by atoms with Crippen molar-refractivity contribution in [2.45, 2.75) is 89.7 Å². The summed E-state index contributed by atoms with van der Waals surface area (Å²) in [7, 11) is -4.59. The Hall–Kier alpha value is -0.750. The van der Waals surface area contributed by atoms with Crippen molar-refractivity contribution in [2.24, 2.45) is 5.73 Å². The second-order valence-electron chi connectivity index (χ2n) is 7.57. The van der Waals surface area contributed by atoms with E-state index in [2.05, 4.69) is 11.4 Å². The first-order chi connectivity index (χ1) is 13.3. The number of benzene rings is 1. The number of aliphatic hydroxyl groups excluding tert-OH is 1. The number of aryl methyl sites for hydroxylation is 1. The van der Waals surface area contributed by atoms with Crippen LogP contribution in [0.5, 0.6) is 0 Å². The standard InChI is InChI=1S/C21H38NO5P/c1-2-3-4-5-6-7-8-9-10-11-13-18-14-12-15-19(16-18)21(23)20(22)17-27-28(24,25)26/h12,14-16,20-21,23H,2-11,13,17,22H2,1H3,(H2,24,25,26)/t20-,21+/m0/s1. The Bertz CT molecular complexity index is 578. The van der Waals surface area contributed by atoms with Crippen LogP contribution in [-0.4, -0.2) is 27.5 Å². The van der Waals surface area contributed by atoms with E-state index in [0.717, 1.165) is 18.4 Å². The van der Waals surface area contributed by atoms with Gasteiger partial charge in [-0.15, -0.1) is 0 Å². The number of hydrogen-bond donors (Lipinski definition) is 4. The molecule has 162 valence electrons. The maximum absolute atomic E-state index is 10.8. The van der Waals surface area contributed by atoms with Crippen LogP contribution in [0.3, 0.4) is 0 Å². The summed E-state index contributed by atoms with van der Waals surface area (Å²) in [5, 5.41) is 10.3. The molecule has 0 aliphatic rings. The van der Waals surface area contributed by atoms with Gasteiger partial charge >= 0.3 is 7.82 Å². The highest BCUT2D eigenvalue weighted by molar-refractivity contribution is 7.46. The van der Waals surface area contributed by atoms with Crippen LogP contribution in [0.4, 0.5) is 0 Å². The third-order valence-corrected chi connectivity index (χ3v) is 5.44. The van der Waals surface area contributed by atoms with E-state index in [-0.39, 0.29) is 0 Å². The summed E-state index contributed by atoms with van der Waals surface area (Å²) in [5.74, 6) is 0. The van der Waals surface area contributed by atoms with E-state index in [4.69, 9.17) is 15.5 Å². The van der Waals surface area contributed by atoms with Gasteiger partial charge in [-0.25, -0.2) is 4.57 Å². The van der Waals surface area contributed by atoms with Crippen LogP contribution < -0.4 is 5.73 Å². The second kappa shape index (κ2) is 14.3. The normalized spacial score (nSPS) is 14.2. The summed E-state index contributed by atoms with van der Waals surface area (Å²) in [5.41, 5.74) is 7.58. The minimum Gasteiger partial charge on any atom is -0.387 e. The summed E-state index contributed by atoms with van der Waals surface area (Å²) < 4.78 is 15.1. The third kappa shape index (κ3) is 11.9. The molecule has 1 aromatic carbocycles. The van der Waals surface area contributed by atoms with Gasteiger partial charge in [0.05, 0.1) is 18.8 Å². The molecule has 2 atom stereocenters. The van der Waals surface area contributed by atoms with Crippen LogP contribution in [-0.2, 0) is 15.5 Å². The largest absolute Gasteiger partial charge is 0.469 e. The smallest absolute Gasteiger partial charge is 0.387 e. The highest BCUT2D eigenvalue weighted by atomic mass is 31.2. The van der Waals surface area contributed by atoms with E-state index >= 15 is 0 Å². The van der Waals surface area contributed by atoms with Gasteiger partial charge < -0.3 is 20.6 Å². The molecule has 1 rings (SSSR count). The van der Waals surface area contributed by atoms with E-state index in [0.29, 0.717) is 5.56 Å². The summed E-state index contributed by atoms with van der Waals surface area (Å²) in [6.45, 7) is 1.83. The highest BCUT2D eigenvalue weighted by Gasteiger charge is 2.22. The SMILES string of the molecule is CCCCCCCCCCCCc1cccc([C@@H](O)[C@@H](N)COP(=O)(O)O)c1. The molecule has 0 unspecified atom stereocenters. The minimum atomic E-state index is -4.59. The lowest BCUT2D eigenvalue weighted by atomic mass is 9.98. The molecule has 0 amide bonds. The van der Waals surface area contributed by atoms with Crippen molar-refractivity contribution >= 4 is 7.82 Å². The molecule has 5 N–H and O–H groups in total. The van der Waals surface area contributed by atoms with Gasteiger partial charge in [0.15, 0.2) is 0 Å². The van der Waals surface area contributed by atoms with Gasteiger partial charge in [-0.1, -0.05) is 89.0 Å². The maximum Gasteiger partial charge on any atom is 0.469 e. The van der Waals surface area contributed by atoms with Crippen molar-refractivity contribution in [2.75, 3.05) is 6.61 Å². The summed E-state index contributed by atoms with van der Waals surface area (Å²) in [6, 6.07) is 6.68. The first kappa shape index (κ1) is 25.3. The van der Waals surface area contributed by atoms with Crippen LogP contribution in [0, 0.1) is 0 Å². The summed E-state index contributed by atoms with van der Waals surface area (Å²) >= 11 is 0. The molecule has 0 bridgehead atoms. The molecule has 0 saturated heterocycles. The van der Waals surface area contributed by atoms with E-state index in [1.165, 1.54) is 57.8 Å². The molecule has 7 heteroatoms. The molecule has 1 aromatic rings. The molecular formula is C21H38NO5P. The van der Waals surface area contributed by atoms with Gasteiger partial charge in [0.1, 0.15) is 0 Å². The number of phosphoric acid groups is 1. The lowest BCUT2D eigenvalue weighted by Crippen LogP contribution is -2.33. The Morgan fingerprint density at radius 2 is 1.57 bits per heavy atom. The van der Waals surface area contributed by atoms with Crippen molar-refractivity contribution < 1.29 is 24.0 Å². The van der Waals surface area contributed by atoms with Gasteiger partial charge in [-0.2, -0.15) is 0 Å². The molecule has 0 heterocycles. The predicted molar refractivity (Wildman–Crippen MR) is 113 cm³/mol. The number of rotatable bonds is 16. The molecule has 0 aromatic heterocycles. The van der Waals surface area contributed by atoms with Gasteiger partial charge in [0.25, 0.3) is 0 Å². The quantitative estimate of drug-likeness (QED) is 0.231. The first-order valence-electron chi connectivity index (χ1n) is 10.6. The van der Waals surface area contributed by atoms with E-state index in [9.17, 15) is 9.67 Å². The minimum absolute atomic E-state index is 0.409. The van der Waals surface area contributed by atoms with Gasteiger partial charge in [0.2, 0.25) is 0 Å².